The van der Waals surface area contributed by atoms with E-state index in [2.05, 4.69) is 24.1 Å². The fourth-order valence-corrected chi connectivity index (χ4v) is 3.81. The number of benzene rings is 1. The van der Waals surface area contributed by atoms with Gasteiger partial charge in [-0.25, -0.2) is 0 Å². The van der Waals surface area contributed by atoms with Crippen LogP contribution >= 0.6 is 0 Å². The monoisotopic (exact) mass is 334 g/mol. The number of ether oxygens (including phenoxy) is 1. The number of likely N-dealkylation sites (N-methyl/N-ethyl adjacent to an activating group) is 1. The normalized spacial score (nSPS) is 23.6. The number of rotatable bonds is 5. The van der Waals surface area contributed by atoms with Crippen molar-refractivity contribution in [3.8, 4) is 0 Å². The van der Waals surface area contributed by atoms with Crippen LogP contribution in [0.3, 0.4) is 0 Å². The Morgan fingerprint density at radius 1 is 1.38 bits per heavy atom. The van der Waals surface area contributed by atoms with Gasteiger partial charge in [-0.2, -0.15) is 0 Å². The third-order valence-electron chi connectivity index (χ3n) is 4.78. The summed E-state index contributed by atoms with van der Waals surface area (Å²) in [6.07, 6.45) is 1.31. The molecule has 2 aliphatic rings. The molecule has 0 aromatic heterocycles. The Labute approximate surface area is 142 Å². The van der Waals surface area contributed by atoms with Gasteiger partial charge in [-0.05, 0) is 26.3 Å². The summed E-state index contributed by atoms with van der Waals surface area (Å²) in [5, 5.41) is 14.8. The minimum Gasteiger partial charge on any atom is -0.384 e. The van der Waals surface area contributed by atoms with Crippen molar-refractivity contribution in [1.29, 1.82) is 0 Å². The molecule has 2 atom stereocenters. The lowest BCUT2D eigenvalue weighted by atomic mass is 10.1. The van der Waals surface area contributed by atoms with Crippen molar-refractivity contribution < 1.29 is 9.66 Å². The van der Waals surface area contributed by atoms with Gasteiger partial charge in [-0.1, -0.05) is 0 Å². The lowest BCUT2D eigenvalue weighted by Gasteiger charge is -2.36. The molecule has 0 radical (unpaired) electrons. The lowest BCUT2D eigenvalue weighted by Crippen LogP contribution is -2.47. The summed E-state index contributed by atoms with van der Waals surface area (Å²) in [7, 11) is 1.95. The molecular weight excluding hydrogens is 308 g/mol. The molecule has 132 valence electrons. The molecule has 0 aliphatic carbocycles. The van der Waals surface area contributed by atoms with Crippen LogP contribution in [-0.2, 0) is 11.2 Å². The molecule has 2 aliphatic heterocycles. The number of hydrogen-bond acceptors (Lipinski definition) is 6. The summed E-state index contributed by atoms with van der Waals surface area (Å²) in [4.78, 5) is 15.6. The van der Waals surface area contributed by atoms with E-state index in [4.69, 9.17) is 4.74 Å². The van der Waals surface area contributed by atoms with Crippen molar-refractivity contribution in [1.82, 2.24) is 4.90 Å². The second kappa shape index (κ2) is 6.94. The van der Waals surface area contributed by atoms with Crippen molar-refractivity contribution in [3.05, 3.63) is 27.8 Å². The molecular formula is C17H26N4O3. The predicted molar refractivity (Wildman–Crippen MR) is 95.0 cm³/mol. The van der Waals surface area contributed by atoms with Gasteiger partial charge in [0.05, 0.1) is 17.1 Å². The fraction of sp³-hybridized carbons (Fsp3) is 0.647. The van der Waals surface area contributed by atoms with Crippen LogP contribution in [0.4, 0.5) is 17.1 Å². The number of nitrogens with one attached hydrogen (secondary N) is 1. The Balaban J connectivity index is 1.74. The Kier molecular flexibility index (Phi) is 4.91. The number of nitro groups is 1. The van der Waals surface area contributed by atoms with E-state index in [1.54, 1.807) is 6.07 Å². The molecule has 0 saturated carbocycles. The maximum atomic E-state index is 11.4. The van der Waals surface area contributed by atoms with Gasteiger partial charge in [0.15, 0.2) is 0 Å². The molecule has 0 spiro atoms. The molecule has 0 bridgehead atoms. The second-order valence-corrected chi connectivity index (χ2v) is 6.83. The Morgan fingerprint density at radius 3 is 2.75 bits per heavy atom. The summed E-state index contributed by atoms with van der Waals surface area (Å²) in [6, 6.07) is 3.44. The number of hydrogen-bond donors (Lipinski definition) is 1. The molecule has 7 nitrogen and oxygen atoms in total. The van der Waals surface area contributed by atoms with Crippen LogP contribution in [0.5, 0.6) is 0 Å². The summed E-state index contributed by atoms with van der Waals surface area (Å²) in [5.74, 6) is 0. The van der Waals surface area contributed by atoms with Crippen LogP contribution in [0.25, 0.3) is 0 Å². The molecule has 0 unspecified atom stereocenters. The highest BCUT2D eigenvalue weighted by molar-refractivity contribution is 5.77. The number of anilines is 2. The first-order valence-electron chi connectivity index (χ1n) is 8.58. The highest BCUT2D eigenvalue weighted by atomic mass is 16.6. The standard InChI is InChI=1S/C17H26N4O3/c1-12-10-20(11-13(2)24-12)9-8-19(3)17-14-6-7-18-15(14)4-5-16(17)21(22)23/h4-5,12-13,18H,6-11H2,1-3H3/t12-,13+. The first-order valence-corrected chi connectivity index (χ1v) is 8.58. The van der Waals surface area contributed by atoms with Crippen LogP contribution < -0.4 is 10.2 Å². The lowest BCUT2D eigenvalue weighted by molar-refractivity contribution is -0.384. The van der Waals surface area contributed by atoms with Gasteiger partial charge in [0.2, 0.25) is 0 Å². The molecule has 1 saturated heterocycles. The van der Waals surface area contributed by atoms with Gasteiger partial charge in [0.1, 0.15) is 5.69 Å². The smallest absolute Gasteiger partial charge is 0.292 e. The van der Waals surface area contributed by atoms with Crippen molar-refractivity contribution in [3.63, 3.8) is 0 Å². The minimum atomic E-state index is -0.274. The topological polar surface area (TPSA) is 70.9 Å². The first kappa shape index (κ1) is 17.0. The highest BCUT2D eigenvalue weighted by Crippen LogP contribution is 2.38. The Bertz CT molecular complexity index is 612. The van der Waals surface area contributed by atoms with Gasteiger partial charge < -0.3 is 15.0 Å². The van der Waals surface area contributed by atoms with Gasteiger partial charge in [-0.3, -0.25) is 15.0 Å². The average Bonchev–Trinajstić information content (AvgIpc) is 2.99. The van der Waals surface area contributed by atoms with E-state index in [1.165, 1.54) is 0 Å². The highest BCUT2D eigenvalue weighted by Gasteiger charge is 2.27. The van der Waals surface area contributed by atoms with Crippen LogP contribution in [0.15, 0.2) is 12.1 Å². The number of nitrogens with zero attached hydrogens (tertiary/aromatic N) is 3. The second-order valence-electron chi connectivity index (χ2n) is 6.83. The van der Waals surface area contributed by atoms with Crippen molar-refractivity contribution in [2.24, 2.45) is 0 Å². The molecule has 0 amide bonds. The Hall–Kier alpha value is -1.86. The molecule has 7 heteroatoms. The first-order chi connectivity index (χ1) is 11.5. The minimum absolute atomic E-state index is 0.198. The van der Waals surface area contributed by atoms with Crippen molar-refractivity contribution >= 4 is 17.1 Å². The van der Waals surface area contributed by atoms with Crippen LogP contribution in [0, 0.1) is 10.1 Å². The zero-order valence-corrected chi connectivity index (χ0v) is 14.6. The number of fused-ring (bicyclic) bond motifs is 1. The van der Waals surface area contributed by atoms with E-state index >= 15 is 0 Å². The quantitative estimate of drug-likeness (QED) is 0.657. The van der Waals surface area contributed by atoms with E-state index < -0.39 is 0 Å². The largest absolute Gasteiger partial charge is 0.384 e. The zero-order valence-electron chi connectivity index (χ0n) is 14.6. The maximum absolute atomic E-state index is 11.4. The van der Waals surface area contributed by atoms with Crippen LogP contribution in [0.2, 0.25) is 0 Å². The molecule has 1 aromatic rings. The third kappa shape index (κ3) is 3.47. The van der Waals surface area contributed by atoms with E-state index in [0.29, 0.717) is 0 Å². The predicted octanol–water partition coefficient (Wildman–Crippen LogP) is 2.11. The van der Waals surface area contributed by atoms with Crippen molar-refractivity contribution in [2.75, 3.05) is 50.0 Å². The van der Waals surface area contributed by atoms with E-state index in [1.807, 2.05) is 18.0 Å². The molecule has 3 rings (SSSR count). The summed E-state index contributed by atoms with van der Waals surface area (Å²) in [6.45, 7) is 8.48. The van der Waals surface area contributed by atoms with E-state index in [0.717, 1.165) is 56.1 Å². The van der Waals surface area contributed by atoms with Gasteiger partial charge in [0, 0.05) is 57.1 Å². The SMILES string of the molecule is C[C@@H]1CN(CCN(C)c2c([N+](=O)[O-])ccc3c2CCN3)C[C@H](C)O1. The van der Waals surface area contributed by atoms with Gasteiger partial charge in [-0.15, -0.1) is 0 Å². The molecule has 24 heavy (non-hydrogen) atoms. The van der Waals surface area contributed by atoms with Crippen molar-refractivity contribution in [2.45, 2.75) is 32.5 Å². The fourth-order valence-electron chi connectivity index (χ4n) is 3.81. The van der Waals surface area contributed by atoms with Crippen LogP contribution in [-0.4, -0.2) is 61.8 Å². The Morgan fingerprint density at radius 2 is 2.08 bits per heavy atom. The summed E-state index contributed by atoms with van der Waals surface area (Å²) >= 11 is 0. The van der Waals surface area contributed by atoms with E-state index in [9.17, 15) is 10.1 Å². The van der Waals surface area contributed by atoms with Gasteiger partial charge >= 0.3 is 0 Å². The number of morpholine rings is 1. The molecule has 1 N–H and O–H groups in total. The number of nitro benzene ring substituents is 1. The van der Waals surface area contributed by atoms with E-state index in [-0.39, 0.29) is 22.8 Å². The summed E-state index contributed by atoms with van der Waals surface area (Å²) in [5.41, 5.74) is 3.05. The molecule has 2 heterocycles. The average molecular weight is 334 g/mol. The van der Waals surface area contributed by atoms with Crippen LogP contribution in [0.1, 0.15) is 19.4 Å². The molecule has 1 aromatic carbocycles. The zero-order chi connectivity index (χ0) is 17.3. The third-order valence-corrected chi connectivity index (χ3v) is 4.78. The summed E-state index contributed by atoms with van der Waals surface area (Å²) < 4.78 is 5.77. The maximum Gasteiger partial charge on any atom is 0.292 e. The van der Waals surface area contributed by atoms with Gasteiger partial charge in [0.25, 0.3) is 5.69 Å². The molecule has 1 fully saturated rings.